The Bertz CT molecular complexity index is 1160. The van der Waals surface area contributed by atoms with Crippen molar-refractivity contribution >= 4 is 38.9 Å². The van der Waals surface area contributed by atoms with Crippen molar-refractivity contribution in [2.75, 3.05) is 17.1 Å². The number of anilines is 2. The third kappa shape index (κ3) is 6.23. The molecule has 0 atom stereocenters. The van der Waals surface area contributed by atoms with E-state index < -0.39 is 10.0 Å². The number of halogens is 1. The van der Waals surface area contributed by atoms with Crippen LogP contribution >= 0.6 is 11.6 Å². The Morgan fingerprint density at radius 2 is 1.61 bits per heavy atom. The van der Waals surface area contributed by atoms with E-state index in [0.29, 0.717) is 28.6 Å². The molecule has 8 heteroatoms. The molecule has 0 aliphatic heterocycles. The van der Waals surface area contributed by atoms with E-state index in [1.807, 2.05) is 19.1 Å². The van der Waals surface area contributed by atoms with Gasteiger partial charge in [0.1, 0.15) is 5.75 Å². The zero-order valence-electron chi connectivity index (χ0n) is 17.2. The summed E-state index contributed by atoms with van der Waals surface area (Å²) in [6, 6.07) is 18.6. The van der Waals surface area contributed by atoms with Crippen LogP contribution in [0.25, 0.3) is 0 Å². The van der Waals surface area contributed by atoms with Gasteiger partial charge in [0.05, 0.1) is 17.0 Å². The van der Waals surface area contributed by atoms with Crippen LogP contribution < -0.4 is 14.8 Å². The van der Waals surface area contributed by atoms with Crippen molar-refractivity contribution in [2.24, 2.45) is 0 Å². The number of hydrogen-bond donors (Lipinski definition) is 2. The summed E-state index contributed by atoms with van der Waals surface area (Å²) in [6.45, 7) is 1.93. The molecule has 0 aromatic heterocycles. The highest BCUT2D eigenvalue weighted by atomic mass is 35.5. The molecule has 162 valence electrons. The van der Waals surface area contributed by atoms with E-state index in [9.17, 15) is 13.2 Å². The maximum absolute atomic E-state index is 12.5. The van der Waals surface area contributed by atoms with E-state index in [2.05, 4.69) is 10.0 Å². The van der Waals surface area contributed by atoms with Crippen LogP contribution in [0.1, 0.15) is 17.5 Å². The Balaban J connectivity index is 1.56. The first kappa shape index (κ1) is 22.7. The molecule has 31 heavy (non-hydrogen) atoms. The first-order chi connectivity index (χ1) is 14.8. The van der Waals surface area contributed by atoms with Crippen LogP contribution in [-0.4, -0.2) is 21.4 Å². The van der Waals surface area contributed by atoms with Gasteiger partial charge in [0.2, 0.25) is 5.91 Å². The van der Waals surface area contributed by atoms with Crippen molar-refractivity contribution in [3.63, 3.8) is 0 Å². The van der Waals surface area contributed by atoms with Gasteiger partial charge in [0, 0.05) is 17.8 Å². The van der Waals surface area contributed by atoms with Gasteiger partial charge < -0.3 is 10.1 Å². The molecule has 0 unspecified atom stereocenters. The predicted molar refractivity (Wildman–Crippen MR) is 123 cm³/mol. The van der Waals surface area contributed by atoms with Crippen molar-refractivity contribution in [1.82, 2.24) is 0 Å². The van der Waals surface area contributed by atoms with E-state index in [1.54, 1.807) is 42.5 Å². The SMILES string of the molecule is COc1ccc(NC(=O)CCc2ccc(S(=O)(=O)Nc3ccc(C)cc3)cc2)cc1Cl. The summed E-state index contributed by atoms with van der Waals surface area (Å²) in [5.74, 6) is 0.366. The van der Waals surface area contributed by atoms with Gasteiger partial charge in [-0.1, -0.05) is 41.4 Å². The topological polar surface area (TPSA) is 84.5 Å². The summed E-state index contributed by atoms with van der Waals surface area (Å²) in [5.41, 5.74) is 2.99. The molecule has 0 fully saturated rings. The molecule has 0 spiro atoms. The number of nitrogens with one attached hydrogen (secondary N) is 2. The van der Waals surface area contributed by atoms with Crippen molar-refractivity contribution < 1.29 is 17.9 Å². The standard InChI is InChI=1S/C23H23ClN2O4S/c1-16-3-8-18(9-4-16)26-31(28,29)20-11-5-17(6-12-20)7-14-23(27)25-19-10-13-22(30-2)21(24)15-19/h3-6,8-13,15,26H,7,14H2,1-2H3,(H,25,27). The second kappa shape index (κ2) is 9.85. The fourth-order valence-electron chi connectivity index (χ4n) is 2.90. The smallest absolute Gasteiger partial charge is 0.261 e. The van der Waals surface area contributed by atoms with Gasteiger partial charge in [-0.05, 0) is 61.4 Å². The van der Waals surface area contributed by atoms with Crippen LogP contribution in [-0.2, 0) is 21.2 Å². The molecule has 0 aliphatic carbocycles. The number of amides is 1. The summed E-state index contributed by atoms with van der Waals surface area (Å²) < 4.78 is 32.7. The third-order valence-corrected chi connectivity index (χ3v) is 6.31. The lowest BCUT2D eigenvalue weighted by Crippen LogP contribution is -2.13. The van der Waals surface area contributed by atoms with Crippen molar-refractivity contribution in [2.45, 2.75) is 24.7 Å². The first-order valence-electron chi connectivity index (χ1n) is 9.58. The van der Waals surface area contributed by atoms with Crippen LogP contribution in [0.5, 0.6) is 5.75 Å². The quantitative estimate of drug-likeness (QED) is 0.495. The highest BCUT2D eigenvalue weighted by Gasteiger charge is 2.14. The molecule has 0 bridgehead atoms. The monoisotopic (exact) mass is 458 g/mol. The van der Waals surface area contributed by atoms with Crippen molar-refractivity contribution in [3.8, 4) is 5.75 Å². The van der Waals surface area contributed by atoms with Crippen LogP contribution in [0.4, 0.5) is 11.4 Å². The van der Waals surface area contributed by atoms with E-state index in [4.69, 9.17) is 16.3 Å². The largest absolute Gasteiger partial charge is 0.495 e. The first-order valence-corrected chi connectivity index (χ1v) is 11.4. The molecule has 0 radical (unpaired) electrons. The second-order valence-electron chi connectivity index (χ2n) is 7.01. The maximum Gasteiger partial charge on any atom is 0.261 e. The van der Waals surface area contributed by atoms with Gasteiger partial charge in [-0.2, -0.15) is 0 Å². The fourth-order valence-corrected chi connectivity index (χ4v) is 4.21. The minimum absolute atomic E-state index is 0.161. The number of ether oxygens (including phenoxy) is 1. The Morgan fingerprint density at radius 3 is 2.23 bits per heavy atom. The zero-order chi connectivity index (χ0) is 22.4. The van der Waals surface area contributed by atoms with E-state index in [1.165, 1.54) is 19.2 Å². The van der Waals surface area contributed by atoms with Gasteiger partial charge in [-0.25, -0.2) is 8.42 Å². The lowest BCUT2D eigenvalue weighted by Gasteiger charge is -2.10. The van der Waals surface area contributed by atoms with Crippen LogP contribution in [0, 0.1) is 6.92 Å². The molecule has 3 aromatic carbocycles. The lowest BCUT2D eigenvalue weighted by molar-refractivity contribution is -0.116. The molecular weight excluding hydrogens is 436 g/mol. The van der Waals surface area contributed by atoms with Crippen LogP contribution in [0.3, 0.4) is 0 Å². The number of carbonyl (C=O) groups is 1. The predicted octanol–water partition coefficient (Wildman–Crippen LogP) is 5.03. The van der Waals surface area contributed by atoms with Gasteiger partial charge in [0.15, 0.2) is 0 Å². The van der Waals surface area contributed by atoms with Gasteiger partial charge in [-0.15, -0.1) is 0 Å². The fraction of sp³-hybridized carbons (Fsp3) is 0.174. The van der Waals surface area contributed by atoms with Gasteiger partial charge in [0.25, 0.3) is 10.0 Å². The highest BCUT2D eigenvalue weighted by Crippen LogP contribution is 2.27. The van der Waals surface area contributed by atoms with E-state index >= 15 is 0 Å². The van der Waals surface area contributed by atoms with Crippen LogP contribution in [0.2, 0.25) is 5.02 Å². The van der Waals surface area contributed by atoms with Crippen molar-refractivity contribution in [1.29, 1.82) is 0 Å². The average molecular weight is 459 g/mol. The maximum atomic E-state index is 12.5. The molecule has 0 heterocycles. The highest BCUT2D eigenvalue weighted by molar-refractivity contribution is 7.92. The summed E-state index contributed by atoms with van der Waals surface area (Å²) in [6.07, 6.45) is 0.721. The van der Waals surface area contributed by atoms with Crippen LogP contribution in [0.15, 0.2) is 71.6 Å². The Kier molecular flexibility index (Phi) is 7.20. The summed E-state index contributed by atoms with van der Waals surface area (Å²) in [7, 11) is -2.15. The lowest BCUT2D eigenvalue weighted by atomic mass is 10.1. The number of sulfonamides is 1. The number of hydrogen-bond acceptors (Lipinski definition) is 4. The number of aryl methyl sites for hydroxylation is 2. The molecule has 3 aromatic rings. The van der Waals surface area contributed by atoms with Gasteiger partial charge in [-0.3, -0.25) is 9.52 Å². The average Bonchev–Trinajstić information content (AvgIpc) is 2.74. The van der Waals surface area contributed by atoms with E-state index in [0.717, 1.165) is 11.1 Å². The minimum atomic E-state index is -3.68. The summed E-state index contributed by atoms with van der Waals surface area (Å²) in [5, 5.41) is 3.20. The molecule has 1 amide bonds. The summed E-state index contributed by atoms with van der Waals surface area (Å²) in [4.78, 5) is 12.4. The van der Waals surface area contributed by atoms with E-state index in [-0.39, 0.29) is 17.2 Å². The van der Waals surface area contributed by atoms with Gasteiger partial charge >= 0.3 is 0 Å². The molecular formula is C23H23ClN2O4S. The Labute approximate surface area is 187 Å². The molecule has 0 saturated carbocycles. The normalized spacial score (nSPS) is 11.1. The number of methoxy groups -OCH3 is 1. The summed E-state index contributed by atoms with van der Waals surface area (Å²) >= 11 is 6.06. The molecule has 6 nitrogen and oxygen atoms in total. The molecule has 0 saturated heterocycles. The zero-order valence-corrected chi connectivity index (χ0v) is 18.8. The number of carbonyl (C=O) groups excluding carboxylic acids is 1. The Morgan fingerprint density at radius 1 is 0.968 bits per heavy atom. The molecule has 2 N–H and O–H groups in total. The number of rotatable bonds is 8. The minimum Gasteiger partial charge on any atom is -0.495 e. The molecule has 3 rings (SSSR count). The molecule has 0 aliphatic rings. The second-order valence-corrected chi connectivity index (χ2v) is 9.10. The van der Waals surface area contributed by atoms with Crippen molar-refractivity contribution in [3.05, 3.63) is 82.9 Å². The third-order valence-electron chi connectivity index (χ3n) is 4.61. The Hall–Kier alpha value is -3.03. The number of benzene rings is 3.